The molecule has 1 N–H and O–H groups in total. The molecule has 1 atom stereocenters. The number of nitrogens with one attached hydrogen (secondary N) is 1. The molecule has 118 valence electrons. The van der Waals surface area contributed by atoms with Crippen molar-refractivity contribution >= 4 is 5.91 Å². The van der Waals surface area contributed by atoms with Gasteiger partial charge in [0.1, 0.15) is 0 Å². The zero-order valence-electron chi connectivity index (χ0n) is 13.2. The molecule has 0 bridgehead atoms. The number of nitrogens with zero attached hydrogens (tertiary/aromatic N) is 1. The number of hydrogen-bond acceptors (Lipinski definition) is 4. The highest BCUT2D eigenvalue weighted by Gasteiger charge is 2.13. The highest BCUT2D eigenvalue weighted by atomic mass is 16.5. The van der Waals surface area contributed by atoms with Gasteiger partial charge in [-0.05, 0) is 12.5 Å². The summed E-state index contributed by atoms with van der Waals surface area (Å²) in [4.78, 5) is 14.1. The van der Waals surface area contributed by atoms with Crippen LogP contribution in [0.5, 0.6) is 0 Å². The maximum absolute atomic E-state index is 12.0. The second-order valence-electron chi connectivity index (χ2n) is 5.11. The normalized spacial score (nSPS) is 12.4. The number of amides is 1. The lowest BCUT2D eigenvalue weighted by Gasteiger charge is -2.22. The standard InChI is InChI=1S/C16H26N2O3/c1-14(13-21-3)17-16(19)12-18(9-10-20-2)11-15-7-5-4-6-8-15/h4-8,14H,9-13H2,1-3H3,(H,17,19). The van der Waals surface area contributed by atoms with Crippen LogP contribution in [0.2, 0.25) is 0 Å². The second-order valence-corrected chi connectivity index (χ2v) is 5.11. The molecule has 0 saturated heterocycles. The van der Waals surface area contributed by atoms with Crippen LogP contribution >= 0.6 is 0 Å². The summed E-state index contributed by atoms with van der Waals surface area (Å²) in [6.07, 6.45) is 0. The van der Waals surface area contributed by atoms with E-state index in [1.54, 1.807) is 14.2 Å². The molecule has 1 aromatic rings. The molecule has 21 heavy (non-hydrogen) atoms. The first-order valence-electron chi connectivity index (χ1n) is 7.19. The van der Waals surface area contributed by atoms with Crippen LogP contribution in [0, 0.1) is 0 Å². The van der Waals surface area contributed by atoms with E-state index in [4.69, 9.17) is 9.47 Å². The Morgan fingerprint density at radius 3 is 2.57 bits per heavy atom. The molecule has 1 aromatic carbocycles. The number of benzene rings is 1. The van der Waals surface area contributed by atoms with Crippen LogP contribution in [0.15, 0.2) is 30.3 Å². The number of hydrogen-bond donors (Lipinski definition) is 1. The topological polar surface area (TPSA) is 50.8 Å². The fourth-order valence-electron chi connectivity index (χ4n) is 2.09. The molecule has 0 aromatic heterocycles. The maximum atomic E-state index is 12.0. The SMILES string of the molecule is COCCN(CC(=O)NC(C)COC)Cc1ccccc1. The van der Waals surface area contributed by atoms with Crippen LogP contribution in [0.3, 0.4) is 0 Å². The number of ether oxygens (including phenoxy) is 2. The summed E-state index contributed by atoms with van der Waals surface area (Å²) in [6.45, 7) is 4.86. The summed E-state index contributed by atoms with van der Waals surface area (Å²) in [5, 5.41) is 2.93. The van der Waals surface area contributed by atoms with Crippen molar-refractivity contribution in [1.82, 2.24) is 10.2 Å². The Morgan fingerprint density at radius 2 is 1.95 bits per heavy atom. The zero-order chi connectivity index (χ0) is 15.5. The predicted molar refractivity (Wildman–Crippen MR) is 83.1 cm³/mol. The van der Waals surface area contributed by atoms with Crippen molar-refractivity contribution in [3.8, 4) is 0 Å². The van der Waals surface area contributed by atoms with E-state index < -0.39 is 0 Å². The highest BCUT2D eigenvalue weighted by Crippen LogP contribution is 2.04. The molecule has 1 rings (SSSR count). The van der Waals surface area contributed by atoms with Gasteiger partial charge in [0.2, 0.25) is 5.91 Å². The van der Waals surface area contributed by atoms with Crippen molar-refractivity contribution in [3.63, 3.8) is 0 Å². The van der Waals surface area contributed by atoms with Gasteiger partial charge in [0.25, 0.3) is 0 Å². The lowest BCUT2D eigenvalue weighted by atomic mass is 10.2. The molecule has 0 aliphatic heterocycles. The average molecular weight is 294 g/mol. The average Bonchev–Trinajstić information content (AvgIpc) is 2.46. The van der Waals surface area contributed by atoms with Crippen molar-refractivity contribution < 1.29 is 14.3 Å². The molecule has 0 aliphatic carbocycles. The van der Waals surface area contributed by atoms with Crippen LogP contribution in [0.4, 0.5) is 0 Å². The number of carbonyl (C=O) groups excluding carboxylic acids is 1. The van der Waals surface area contributed by atoms with Gasteiger partial charge in [-0.25, -0.2) is 0 Å². The number of rotatable bonds is 10. The fourth-order valence-corrected chi connectivity index (χ4v) is 2.09. The van der Waals surface area contributed by atoms with E-state index in [9.17, 15) is 4.79 Å². The van der Waals surface area contributed by atoms with E-state index in [2.05, 4.69) is 22.3 Å². The molecule has 1 unspecified atom stereocenters. The minimum Gasteiger partial charge on any atom is -0.383 e. The summed E-state index contributed by atoms with van der Waals surface area (Å²) in [5.74, 6) is 0.00610. The van der Waals surface area contributed by atoms with Gasteiger partial charge in [0.05, 0.1) is 19.8 Å². The largest absolute Gasteiger partial charge is 0.383 e. The van der Waals surface area contributed by atoms with Gasteiger partial charge in [0.15, 0.2) is 0 Å². The van der Waals surface area contributed by atoms with Gasteiger partial charge in [-0.2, -0.15) is 0 Å². The predicted octanol–water partition coefficient (Wildman–Crippen LogP) is 1.29. The first kappa shape index (κ1) is 17.6. The highest BCUT2D eigenvalue weighted by molar-refractivity contribution is 5.78. The quantitative estimate of drug-likeness (QED) is 0.706. The van der Waals surface area contributed by atoms with Gasteiger partial charge in [0, 0.05) is 33.4 Å². The van der Waals surface area contributed by atoms with Crippen LogP contribution < -0.4 is 5.32 Å². The summed E-state index contributed by atoms with van der Waals surface area (Å²) >= 11 is 0. The van der Waals surface area contributed by atoms with Crippen molar-refractivity contribution in [2.75, 3.05) is 40.5 Å². The molecular formula is C16H26N2O3. The van der Waals surface area contributed by atoms with Gasteiger partial charge in [-0.3, -0.25) is 9.69 Å². The van der Waals surface area contributed by atoms with E-state index in [0.29, 0.717) is 19.8 Å². The first-order valence-corrected chi connectivity index (χ1v) is 7.19. The third-order valence-corrected chi connectivity index (χ3v) is 3.05. The number of carbonyl (C=O) groups is 1. The maximum Gasteiger partial charge on any atom is 0.234 e. The lowest BCUT2D eigenvalue weighted by molar-refractivity contribution is -0.123. The van der Waals surface area contributed by atoms with Crippen LogP contribution in [0.1, 0.15) is 12.5 Å². The Kier molecular flexibility index (Phi) is 8.66. The molecule has 0 spiro atoms. The van der Waals surface area contributed by atoms with Gasteiger partial charge in [-0.15, -0.1) is 0 Å². The summed E-state index contributed by atoms with van der Waals surface area (Å²) in [5.41, 5.74) is 1.19. The summed E-state index contributed by atoms with van der Waals surface area (Å²) in [6, 6.07) is 10.1. The lowest BCUT2D eigenvalue weighted by Crippen LogP contribution is -2.43. The zero-order valence-corrected chi connectivity index (χ0v) is 13.2. The Morgan fingerprint density at radius 1 is 1.24 bits per heavy atom. The second kappa shape index (κ2) is 10.3. The van der Waals surface area contributed by atoms with E-state index in [-0.39, 0.29) is 11.9 Å². The van der Waals surface area contributed by atoms with Crippen LogP contribution in [0.25, 0.3) is 0 Å². The summed E-state index contributed by atoms with van der Waals surface area (Å²) < 4.78 is 10.1. The van der Waals surface area contributed by atoms with Gasteiger partial charge < -0.3 is 14.8 Å². The van der Waals surface area contributed by atoms with E-state index in [1.807, 2.05) is 25.1 Å². The summed E-state index contributed by atoms with van der Waals surface area (Å²) in [7, 11) is 3.30. The van der Waals surface area contributed by atoms with Crippen molar-refractivity contribution in [2.24, 2.45) is 0 Å². The van der Waals surface area contributed by atoms with E-state index >= 15 is 0 Å². The minimum absolute atomic E-state index is 0.00610. The smallest absolute Gasteiger partial charge is 0.234 e. The Hall–Kier alpha value is -1.43. The molecule has 5 nitrogen and oxygen atoms in total. The molecule has 5 heteroatoms. The van der Waals surface area contributed by atoms with Crippen molar-refractivity contribution in [1.29, 1.82) is 0 Å². The fraction of sp³-hybridized carbons (Fsp3) is 0.562. The Labute approximate surface area is 127 Å². The molecule has 0 radical (unpaired) electrons. The molecule has 0 aliphatic rings. The monoisotopic (exact) mass is 294 g/mol. The minimum atomic E-state index is 0.00610. The Balaban J connectivity index is 2.50. The van der Waals surface area contributed by atoms with Crippen molar-refractivity contribution in [3.05, 3.63) is 35.9 Å². The van der Waals surface area contributed by atoms with Crippen molar-refractivity contribution in [2.45, 2.75) is 19.5 Å². The Bertz CT molecular complexity index is 398. The third-order valence-electron chi connectivity index (χ3n) is 3.05. The molecule has 0 fully saturated rings. The number of methoxy groups -OCH3 is 2. The van der Waals surface area contributed by atoms with Gasteiger partial charge in [-0.1, -0.05) is 30.3 Å². The van der Waals surface area contributed by atoms with Gasteiger partial charge >= 0.3 is 0 Å². The molecular weight excluding hydrogens is 268 g/mol. The van der Waals surface area contributed by atoms with E-state index in [1.165, 1.54) is 5.56 Å². The van der Waals surface area contributed by atoms with Crippen LogP contribution in [-0.2, 0) is 20.8 Å². The molecule has 0 saturated carbocycles. The molecule has 1 amide bonds. The molecule has 0 heterocycles. The first-order chi connectivity index (χ1) is 10.2. The van der Waals surface area contributed by atoms with Crippen LogP contribution in [-0.4, -0.2) is 57.4 Å². The third kappa shape index (κ3) is 7.80. The van der Waals surface area contributed by atoms with E-state index in [0.717, 1.165) is 13.1 Å².